The highest BCUT2D eigenvalue weighted by molar-refractivity contribution is 6.35. The SMILES string of the molecule is CCCCCCCOc1ccc(NC(=O)CNc2cc(Cl)ccc2Cl)cc1. The van der Waals surface area contributed by atoms with Crippen LogP contribution in [-0.4, -0.2) is 19.1 Å². The normalized spacial score (nSPS) is 10.5. The summed E-state index contributed by atoms with van der Waals surface area (Å²) in [6, 6.07) is 12.5. The molecule has 27 heavy (non-hydrogen) atoms. The maximum Gasteiger partial charge on any atom is 0.243 e. The lowest BCUT2D eigenvalue weighted by Gasteiger charge is -2.10. The van der Waals surface area contributed by atoms with E-state index in [0.29, 0.717) is 21.4 Å². The van der Waals surface area contributed by atoms with Crippen molar-refractivity contribution in [2.24, 2.45) is 0 Å². The highest BCUT2D eigenvalue weighted by atomic mass is 35.5. The van der Waals surface area contributed by atoms with E-state index < -0.39 is 0 Å². The third-order valence-electron chi connectivity index (χ3n) is 4.02. The number of carbonyl (C=O) groups is 1. The van der Waals surface area contributed by atoms with Gasteiger partial charge in [-0.2, -0.15) is 0 Å². The molecule has 0 unspecified atom stereocenters. The molecule has 4 nitrogen and oxygen atoms in total. The summed E-state index contributed by atoms with van der Waals surface area (Å²) in [6.07, 6.45) is 6.06. The van der Waals surface area contributed by atoms with Crippen LogP contribution >= 0.6 is 23.2 Å². The molecule has 0 saturated carbocycles. The van der Waals surface area contributed by atoms with Crippen molar-refractivity contribution >= 4 is 40.5 Å². The molecule has 0 fully saturated rings. The average Bonchev–Trinajstić information content (AvgIpc) is 2.66. The van der Waals surface area contributed by atoms with Gasteiger partial charge in [0.05, 0.1) is 23.9 Å². The lowest BCUT2D eigenvalue weighted by atomic mass is 10.2. The molecule has 2 aromatic carbocycles. The van der Waals surface area contributed by atoms with Crippen molar-refractivity contribution in [1.29, 1.82) is 0 Å². The molecule has 0 radical (unpaired) electrons. The topological polar surface area (TPSA) is 50.4 Å². The summed E-state index contributed by atoms with van der Waals surface area (Å²) < 4.78 is 5.72. The number of anilines is 2. The van der Waals surface area contributed by atoms with Gasteiger partial charge in [0, 0.05) is 10.7 Å². The van der Waals surface area contributed by atoms with E-state index in [1.54, 1.807) is 18.2 Å². The Morgan fingerprint density at radius 2 is 1.74 bits per heavy atom. The van der Waals surface area contributed by atoms with Gasteiger partial charge in [-0.15, -0.1) is 0 Å². The van der Waals surface area contributed by atoms with Crippen molar-refractivity contribution in [3.63, 3.8) is 0 Å². The van der Waals surface area contributed by atoms with Gasteiger partial charge in [0.2, 0.25) is 5.91 Å². The first-order valence-corrected chi connectivity index (χ1v) is 10.1. The highest BCUT2D eigenvalue weighted by Crippen LogP contribution is 2.25. The van der Waals surface area contributed by atoms with E-state index in [-0.39, 0.29) is 12.5 Å². The first-order chi connectivity index (χ1) is 13.1. The van der Waals surface area contributed by atoms with Crippen molar-refractivity contribution in [1.82, 2.24) is 0 Å². The number of benzene rings is 2. The van der Waals surface area contributed by atoms with Gasteiger partial charge < -0.3 is 15.4 Å². The first kappa shape index (κ1) is 21.4. The van der Waals surface area contributed by atoms with E-state index in [0.717, 1.165) is 18.8 Å². The summed E-state index contributed by atoms with van der Waals surface area (Å²) in [5.74, 6) is 0.642. The van der Waals surface area contributed by atoms with Crippen LogP contribution in [0.5, 0.6) is 5.75 Å². The minimum Gasteiger partial charge on any atom is -0.494 e. The van der Waals surface area contributed by atoms with E-state index in [9.17, 15) is 4.79 Å². The number of hydrogen-bond acceptors (Lipinski definition) is 3. The van der Waals surface area contributed by atoms with Gasteiger partial charge in [-0.05, 0) is 48.9 Å². The summed E-state index contributed by atoms with van der Waals surface area (Å²) in [4.78, 5) is 12.1. The largest absolute Gasteiger partial charge is 0.494 e. The van der Waals surface area contributed by atoms with Gasteiger partial charge in [-0.1, -0.05) is 55.8 Å². The second-order valence-corrected chi connectivity index (χ2v) is 7.16. The molecule has 0 atom stereocenters. The minimum absolute atomic E-state index is 0.0933. The van der Waals surface area contributed by atoms with Crippen LogP contribution in [0.15, 0.2) is 42.5 Å². The van der Waals surface area contributed by atoms with E-state index in [4.69, 9.17) is 27.9 Å². The van der Waals surface area contributed by atoms with Crippen LogP contribution in [0.2, 0.25) is 10.0 Å². The Kier molecular flexibility index (Phi) is 9.29. The van der Waals surface area contributed by atoms with E-state index in [2.05, 4.69) is 17.6 Å². The predicted octanol–water partition coefficient (Wildman–Crippen LogP) is 6.39. The number of amides is 1. The molecule has 146 valence electrons. The number of hydrogen-bond donors (Lipinski definition) is 2. The number of halogens is 2. The molecule has 0 aliphatic rings. The van der Waals surface area contributed by atoms with Gasteiger partial charge in [-0.25, -0.2) is 0 Å². The second-order valence-electron chi connectivity index (χ2n) is 6.31. The highest BCUT2D eigenvalue weighted by Gasteiger charge is 2.06. The Morgan fingerprint density at radius 1 is 1.00 bits per heavy atom. The van der Waals surface area contributed by atoms with Crippen LogP contribution in [0.25, 0.3) is 0 Å². The fourth-order valence-electron chi connectivity index (χ4n) is 2.54. The molecule has 0 bridgehead atoms. The van der Waals surface area contributed by atoms with E-state index in [1.165, 1.54) is 25.7 Å². The summed E-state index contributed by atoms with van der Waals surface area (Å²) in [5.41, 5.74) is 1.34. The summed E-state index contributed by atoms with van der Waals surface area (Å²) in [7, 11) is 0. The number of ether oxygens (including phenoxy) is 1. The Bertz CT molecular complexity index is 721. The van der Waals surface area contributed by atoms with Crippen LogP contribution in [0.3, 0.4) is 0 Å². The predicted molar refractivity (Wildman–Crippen MR) is 114 cm³/mol. The fourth-order valence-corrected chi connectivity index (χ4v) is 2.90. The third kappa shape index (κ3) is 8.10. The van der Waals surface area contributed by atoms with Crippen molar-refractivity contribution in [2.75, 3.05) is 23.8 Å². The maximum absolute atomic E-state index is 12.1. The lowest BCUT2D eigenvalue weighted by Crippen LogP contribution is -2.21. The maximum atomic E-state index is 12.1. The van der Waals surface area contributed by atoms with Gasteiger partial charge in [0.25, 0.3) is 0 Å². The molecule has 6 heteroatoms. The Hall–Kier alpha value is -1.91. The Balaban J connectivity index is 1.72. The molecule has 2 aromatic rings. The molecular formula is C21H26Cl2N2O2. The van der Waals surface area contributed by atoms with Gasteiger partial charge in [0.15, 0.2) is 0 Å². The molecule has 0 aliphatic carbocycles. The van der Waals surface area contributed by atoms with Crippen LogP contribution in [-0.2, 0) is 4.79 Å². The van der Waals surface area contributed by atoms with E-state index >= 15 is 0 Å². The standard InChI is InChI=1S/C21H26Cl2N2O2/c1-2-3-4-5-6-13-27-18-10-8-17(9-11-18)25-21(26)15-24-20-14-16(22)7-12-19(20)23/h7-12,14,24H,2-6,13,15H2,1H3,(H,25,26). The molecule has 0 heterocycles. The molecule has 0 saturated heterocycles. The van der Waals surface area contributed by atoms with Gasteiger partial charge in [0.1, 0.15) is 5.75 Å². The van der Waals surface area contributed by atoms with Crippen molar-refractivity contribution in [2.45, 2.75) is 39.0 Å². The van der Waals surface area contributed by atoms with Crippen LogP contribution in [0.4, 0.5) is 11.4 Å². The first-order valence-electron chi connectivity index (χ1n) is 9.30. The Morgan fingerprint density at radius 3 is 2.48 bits per heavy atom. The minimum atomic E-state index is -0.171. The molecule has 2 N–H and O–H groups in total. The van der Waals surface area contributed by atoms with Gasteiger partial charge >= 0.3 is 0 Å². The second kappa shape index (κ2) is 11.7. The van der Waals surface area contributed by atoms with Crippen molar-refractivity contribution < 1.29 is 9.53 Å². The quantitative estimate of drug-likeness (QED) is 0.423. The number of rotatable bonds is 11. The zero-order valence-electron chi connectivity index (χ0n) is 15.6. The summed E-state index contributed by atoms with van der Waals surface area (Å²) in [6.45, 7) is 3.02. The van der Waals surface area contributed by atoms with Crippen LogP contribution < -0.4 is 15.4 Å². The third-order valence-corrected chi connectivity index (χ3v) is 4.59. The zero-order valence-corrected chi connectivity index (χ0v) is 17.1. The fraction of sp³-hybridized carbons (Fsp3) is 0.381. The number of unbranched alkanes of at least 4 members (excludes halogenated alkanes) is 4. The van der Waals surface area contributed by atoms with Crippen LogP contribution in [0.1, 0.15) is 39.0 Å². The van der Waals surface area contributed by atoms with Crippen molar-refractivity contribution in [3.8, 4) is 5.75 Å². The molecule has 0 spiro atoms. The number of carbonyl (C=O) groups excluding carboxylic acids is 1. The zero-order chi connectivity index (χ0) is 19.5. The lowest BCUT2D eigenvalue weighted by molar-refractivity contribution is -0.114. The van der Waals surface area contributed by atoms with E-state index in [1.807, 2.05) is 24.3 Å². The van der Waals surface area contributed by atoms with Gasteiger partial charge in [-0.3, -0.25) is 4.79 Å². The average molecular weight is 409 g/mol. The smallest absolute Gasteiger partial charge is 0.243 e. The van der Waals surface area contributed by atoms with Crippen molar-refractivity contribution in [3.05, 3.63) is 52.5 Å². The molecule has 0 aliphatic heterocycles. The monoisotopic (exact) mass is 408 g/mol. The number of nitrogens with one attached hydrogen (secondary N) is 2. The van der Waals surface area contributed by atoms with Crippen LogP contribution in [0, 0.1) is 0 Å². The molecule has 1 amide bonds. The molecular weight excluding hydrogens is 383 g/mol. The molecule has 2 rings (SSSR count). The molecule has 0 aromatic heterocycles. The summed E-state index contributed by atoms with van der Waals surface area (Å²) >= 11 is 12.0. The Labute approximate surface area is 171 Å². The summed E-state index contributed by atoms with van der Waals surface area (Å²) in [5, 5.41) is 6.89.